The Balaban J connectivity index is 1.39. The number of carbonyl (C=O) groups is 1. The molecular formula is C27H24N2O6S. The highest BCUT2D eigenvalue weighted by atomic mass is 32.2. The predicted octanol–water partition coefficient (Wildman–Crippen LogP) is 4.11. The van der Waals surface area contributed by atoms with Gasteiger partial charge >= 0.3 is 5.63 Å². The zero-order chi connectivity index (χ0) is 25.4. The van der Waals surface area contributed by atoms with E-state index in [1.807, 2.05) is 13.0 Å². The Bertz CT molecular complexity index is 1640. The van der Waals surface area contributed by atoms with Gasteiger partial charge in [-0.2, -0.15) is 4.31 Å². The Hall–Kier alpha value is -3.95. The van der Waals surface area contributed by atoms with Crippen LogP contribution in [-0.2, 0) is 23.0 Å². The Morgan fingerprint density at radius 2 is 1.81 bits per heavy atom. The van der Waals surface area contributed by atoms with Gasteiger partial charge in [0, 0.05) is 24.2 Å². The van der Waals surface area contributed by atoms with Crippen molar-refractivity contribution in [3.05, 3.63) is 99.4 Å². The van der Waals surface area contributed by atoms with Crippen molar-refractivity contribution in [2.24, 2.45) is 0 Å². The lowest BCUT2D eigenvalue weighted by molar-refractivity contribution is 0.102. The topological polar surface area (TPSA) is 106 Å². The number of aryl methyl sites for hydroxylation is 1. The molecule has 0 saturated heterocycles. The molecule has 9 heteroatoms. The molecule has 8 nitrogen and oxygen atoms in total. The van der Waals surface area contributed by atoms with Gasteiger partial charge in [0.25, 0.3) is 5.91 Å². The third kappa shape index (κ3) is 4.38. The normalized spacial score (nSPS) is 13.8. The van der Waals surface area contributed by atoms with Gasteiger partial charge in [-0.1, -0.05) is 35.9 Å². The molecule has 36 heavy (non-hydrogen) atoms. The van der Waals surface area contributed by atoms with Gasteiger partial charge in [0.1, 0.15) is 5.56 Å². The number of amides is 1. The number of anilines is 1. The van der Waals surface area contributed by atoms with Crippen molar-refractivity contribution in [2.75, 3.05) is 19.0 Å². The van der Waals surface area contributed by atoms with Crippen molar-refractivity contribution < 1.29 is 22.4 Å². The first-order valence-electron chi connectivity index (χ1n) is 11.4. The molecule has 1 amide bonds. The molecule has 3 aromatic carbocycles. The number of para-hydroxylation sites is 1. The number of fused-ring (bicyclic) bond motifs is 2. The fourth-order valence-electron chi connectivity index (χ4n) is 4.31. The van der Waals surface area contributed by atoms with E-state index in [-0.39, 0.29) is 22.6 Å². The summed E-state index contributed by atoms with van der Waals surface area (Å²) in [6.45, 7) is 2.46. The first kappa shape index (κ1) is 23.8. The van der Waals surface area contributed by atoms with Gasteiger partial charge in [0.05, 0.1) is 12.0 Å². The highest BCUT2D eigenvalue weighted by Gasteiger charge is 2.28. The number of carbonyl (C=O) groups excluding carboxylic acids is 1. The molecule has 2 heterocycles. The number of nitrogens with zero attached hydrogens (tertiary/aromatic N) is 1. The summed E-state index contributed by atoms with van der Waals surface area (Å²) < 4.78 is 38.3. The summed E-state index contributed by atoms with van der Waals surface area (Å²) >= 11 is 0. The summed E-state index contributed by atoms with van der Waals surface area (Å²) in [6.07, 6.45) is 0.560. The molecule has 1 aromatic heterocycles. The molecule has 0 bridgehead atoms. The SMILES string of the molecule is COc1cccc2cc(C(=O)Nc3ccc4c(c3)CN(S(=O)(=O)c3ccc(C)cc3)CC4)c(=O)oc12. The van der Waals surface area contributed by atoms with Crippen molar-refractivity contribution in [3.63, 3.8) is 0 Å². The van der Waals surface area contributed by atoms with Gasteiger partial charge in [-0.25, -0.2) is 13.2 Å². The van der Waals surface area contributed by atoms with Crippen LogP contribution in [0.4, 0.5) is 5.69 Å². The number of ether oxygens (including phenoxy) is 1. The first-order chi connectivity index (χ1) is 17.3. The summed E-state index contributed by atoms with van der Waals surface area (Å²) in [4.78, 5) is 25.7. The quantitative estimate of drug-likeness (QED) is 0.410. The lowest BCUT2D eigenvalue weighted by Crippen LogP contribution is -2.36. The average Bonchev–Trinajstić information content (AvgIpc) is 2.87. The van der Waals surface area contributed by atoms with Gasteiger partial charge in [0.15, 0.2) is 11.3 Å². The molecule has 0 aliphatic carbocycles. The largest absolute Gasteiger partial charge is 0.493 e. The average molecular weight is 505 g/mol. The zero-order valence-corrected chi connectivity index (χ0v) is 20.6. The van der Waals surface area contributed by atoms with E-state index in [9.17, 15) is 18.0 Å². The first-order valence-corrected chi connectivity index (χ1v) is 12.8. The fourth-order valence-corrected chi connectivity index (χ4v) is 5.73. The molecule has 0 saturated carbocycles. The Kier molecular flexibility index (Phi) is 6.11. The third-order valence-corrected chi connectivity index (χ3v) is 8.15. The van der Waals surface area contributed by atoms with E-state index in [4.69, 9.17) is 9.15 Å². The molecule has 1 N–H and O–H groups in total. The fraction of sp³-hybridized carbons (Fsp3) is 0.185. The van der Waals surface area contributed by atoms with Gasteiger partial charge in [0.2, 0.25) is 10.0 Å². The van der Waals surface area contributed by atoms with Crippen LogP contribution in [0.5, 0.6) is 5.75 Å². The molecule has 0 atom stereocenters. The number of benzene rings is 3. The smallest absolute Gasteiger partial charge is 0.349 e. The Labute approximate surface area is 208 Å². The summed E-state index contributed by atoms with van der Waals surface area (Å²) in [5, 5.41) is 3.29. The minimum atomic E-state index is -3.65. The van der Waals surface area contributed by atoms with Crippen molar-refractivity contribution in [3.8, 4) is 5.75 Å². The van der Waals surface area contributed by atoms with E-state index >= 15 is 0 Å². The number of rotatable bonds is 5. The second kappa shape index (κ2) is 9.25. The summed E-state index contributed by atoms with van der Waals surface area (Å²) in [5.41, 5.74) is 2.60. The van der Waals surface area contributed by atoms with Crippen LogP contribution >= 0.6 is 0 Å². The molecule has 0 radical (unpaired) electrons. The lowest BCUT2D eigenvalue weighted by atomic mass is 10.0. The van der Waals surface area contributed by atoms with Gasteiger partial charge in [-0.15, -0.1) is 0 Å². The second-order valence-corrected chi connectivity index (χ2v) is 10.6. The molecule has 0 unspecified atom stereocenters. The van der Waals surface area contributed by atoms with Crippen LogP contribution in [0.3, 0.4) is 0 Å². The maximum Gasteiger partial charge on any atom is 0.349 e. The lowest BCUT2D eigenvalue weighted by Gasteiger charge is -2.28. The minimum absolute atomic E-state index is 0.142. The van der Waals surface area contributed by atoms with E-state index in [1.54, 1.807) is 54.6 Å². The Morgan fingerprint density at radius 3 is 2.56 bits per heavy atom. The summed E-state index contributed by atoms with van der Waals surface area (Å²) in [7, 11) is -2.18. The van der Waals surface area contributed by atoms with E-state index in [2.05, 4.69) is 5.32 Å². The van der Waals surface area contributed by atoms with E-state index in [0.29, 0.717) is 29.8 Å². The number of hydrogen-bond donors (Lipinski definition) is 1. The van der Waals surface area contributed by atoms with Gasteiger partial charge < -0.3 is 14.5 Å². The highest BCUT2D eigenvalue weighted by molar-refractivity contribution is 7.89. The van der Waals surface area contributed by atoms with Crippen molar-refractivity contribution in [1.29, 1.82) is 0 Å². The Morgan fingerprint density at radius 1 is 1.03 bits per heavy atom. The number of methoxy groups -OCH3 is 1. The number of sulfonamides is 1. The third-order valence-electron chi connectivity index (χ3n) is 6.29. The van der Waals surface area contributed by atoms with Crippen LogP contribution in [0.25, 0.3) is 11.0 Å². The molecule has 0 spiro atoms. The molecule has 4 aromatic rings. The molecule has 1 aliphatic rings. The maximum absolute atomic E-state index is 13.1. The number of nitrogens with one attached hydrogen (secondary N) is 1. The minimum Gasteiger partial charge on any atom is -0.493 e. The van der Waals surface area contributed by atoms with E-state index in [0.717, 1.165) is 16.7 Å². The second-order valence-electron chi connectivity index (χ2n) is 8.67. The molecular weight excluding hydrogens is 480 g/mol. The van der Waals surface area contributed by atoms with Crippen LogP contribution in [0, 0.1) is 6.92 Å². The van der Waals surface area contributed by atoms with E-state index < -0.39 is 21.6 Å². The van der Waals surface area contributed by atoms with Crippen LogP contribution in [0.2, 0.25) is 0 Å². The standard InChI is InChI=1S/C27H24N2O6S/c1-17-6-10-22(11-7-17)36(32,33)29-13-12-18-8-9-21(14-20(18)16-29)28-26(30)23-15-19-4-3-5-24(34-2)25(19)35-27(23)31/h3-11,14-15H,12-13,16H2,1-2H3,(H,28,30). The van der Waals surface area contributed by atoms with Crippen LogP contribution in [0.15, 0.2) is 80.8 Å². The van der Waals surface area contributed by atoms with Crippen LogP contribution < -0.4 is 15.7 Å². The highest BCUT2D eigenvalue weighted by Crippen LogP contribution is 2.28. The van der Waals surface area contributed by atoms with Crippen molar-refractivity contribution in [2.45, 2.75) is 24.8 Å². The molecule has 5 rings (SSSR count). The monoisotopic (exact) mass is 504 g/mol. The summed E-state index contributed by atoms with van der Waals surface area (Å²) in [5.74, 6) is -0.218. The van der Waals surface area contributed by atoms with E-state index in [1.165, 1.54) is 17.5 Å². The van der Waals surface area contributed by atoms with Gasteiger partial charge in [-0.05, 0) is 60.9 Å². The zero-order valence-electron chi connectivity index (χ0n) is 19.8. The van der Waals surface area contributed by atoms with Crippen LogP contribution in [-0.4, -0.2) is 32.3 Å². The van der Waals surface area contributed by atoms with Gasteiger partial charge in [-0.3, -0.25) is 4.79 Å². The predicted molar refractivity (Wildman–Crippen MR) is 136 cm³/mol. The molecule has 184 valence electrons. The summed E-state index contributed by atoms with van der Waals surface area (Å²) in [6, 6.07) is 18.7. The maximum atomic E-state index is 13.1. The molecule has 1 aliphatic heterocycles. The van der Waals surface area contributed by atoms with Crippen molar-refractivity contribution in [1.82, 2.24) is 4.31 Å². The van der Waals surface area contributed by atoms with Crippen LogP contribution in [0.1, 0.15) is 27.0 Å². The molecule has 0 fully saturated rings. The number of hydrogen-bond acceptors (Lipinski definition) is 6. The van der Waals surface area contributed by atoms with Crippen molar-refractivity contribution >= 4 is 32.6 Å².